The van der Waals surface area contributed by atoms with E-state index in [2.05, 4.69) is 16.5 Å². The minimum absolute atomic E-state index is 0.0334. The highest BCUT2D eigenvalue weighted by atomic mass is 19.4. The molecule has 0 saturated carbocycles. The molecular weight excluding hydrogens is 474 g/mol. The topological polar surface area (TPSA) is 55.1 Å². The number of nitrogens with one attached hydrogen (secondary N) is 1. The van der Waals surface area contributed by atoms with Gasteiger partial charge in [0.1, 0.15) is 28.6 Å². The Balaban J connectivity index is 1.50. The quantitative estimate of drug-likeness (QED) is 0.339. The molecular formula is C24H14F6N4O. The summed E-state index contributed by atoms with van der Waals surface area (Å²) in [6.45, 7) is 3.68. The van der Waals surface area contributed by atoms with E-state index in [4.69, 9.17) is 0 Å². The lowest BCUT2D eigenvalue weighted by atomic mass is 9.98. The summed E-state index contributed by atoms with van der Waals surface area (Å²) in [4.78, 5) is 19.9. The molecule has 1 N–H and O–H groups in total. The predicted octanol–water partition coefficient (Wildman–Crippen LogP) is 5.52. The van der Waals surface area contributed by atoms with Gasteiger partial charge in [-0.1, -0.05) is 6.58 Å². The highest BCUT2D eigenvalue weighted by Gasteiger charge is 2.30. The van der Waals surface area contributed by atoms with Crippen LogP contribution in [0.5, 0.6) is 0 Å². The standard InChI is InChI=1S/C24H14F6N4O/c1-12(21-18(26)7-14(25)8-19(21)27)17-9-31-22-16(17)3-5-34(23(22)35)11-15-10-33-4-2-13(24(28,29)30)6-20(33)32-15/h2-10,31H,1,11H2. The first kappa shape index (κ1) is 22.5. The molecule has 5 aromatic rings. The number of nitrogens with zero attached hydrogens (tertiary/aromatic N) is 3. The van der Waals surface area contributed by atoms with Crippen molar-refractivity contribution in [1.29, 1.82) is 0 Å². The smallest absolute Gasteiger partial charge is 0.356 e. The van der Waals surface area contributed by atoms with Gasteiger partial charge in [-0.3, -0.25) is 4.79 Å². The second-order valence-electron chi connectivity index (χ2n) is 7.87. The molecule has 0 radical (unpaired) electrons. The molecule has 0 spiro atoms. The van der Waals surface area contributed by atoms with Crippen LogP contribution in [0.25, 0.3) is 22.1 Å². The maximum atomic E-state index is 14.2. The second kappa shape index (κ2) is 7.90. The summed E-state index contributed by atoms with van der Waals surface area (Å²) in [5.41, 5.74) is -1.13. The zero-order valence-electron chi connectivity index (χ0n) is 17.6. The monoisotopic (exact) mass is 488 g/mol. The molecule has 0 saturated heterocycles. The van der Waals surface area contributed by atoms with Gasteiger partial charge >= 0.3 is 6.18 Å². The van der Waals surface area contributed by atoms with Crippen LogP contribution in [0, 0.1) is 17.5 Å². The van der Waals surface area contributed by atoms with Crippen molar-refractivity contribution in [3.05, 3.63) is 112 Å². The van der Waals surface area contributed by atoms with E-state index in [9.17, 15) is 31.1 Å². The van der Waals surface area contributed by atoms with Gasteiger partial charge in [-0.15, -0.1) is 0 Å². The molecule has 0 amide bonds. The lowest BCUT2D eigenvalue weighted by molar-refractivity contribution is -0.137. The fraction of sp³-hybridized carbons (Fsp3) is 0.0833. The zero-order chi connectivity index (χ0) is 25.1. The van der Waals surface area contributed by atoms with E-state index in [0.717, 1.165) is 12.1 Å². The Morgan fingerprint density at radius 1 is 1.06 bits per heavy atom. The molecule has 0 unspecified atom stereocenters. The predicted molar refractivity (Wildman–Crippen MR) is 116 cm³/mol. The van der Waals surface area contributed by atoms with E-state index < -0.39 is 40.3 Å². The summed E-state index contributed by atoms with van der Waals surface area (Å²) < 4.78 is 83.3. The van der Waals surface area contributed by atoms with Gasteiger partial charge in [0.25, 0.3) is 5.56 Å². The normalized spacial score (nSPS) is 12.1. The number of halogens is 6. The van der Waals surface area contributed by atoms with Gasteiger partial charge < -0.3 is 14.0 Å². The molecule has 0 atom stereocenters. The number of hydrogen-bond acceptors (Lipinski definition) is 2. The van der Waals surface area contributed by atoms with Crippen molar-refractivity contribution >= 4 is 22.1 Å². The van der Waals surface area contributed by atoms with Crippen molar-refractivity contribution in [1.82, 2.24) is 18.9 Å². The van der Waals surface area contributed by atoms with E-state index in [1.165, 1.54) is 39.8 Å². The van der Waals surface area contributed by atoms with Crippen molar-refractivity contribution in [3.63, 3.8) is 0 Å². The van der Waals surface area contributed by atoms with Gasteiger partial charge in [0.2, 0.25) is 0 Å². The SMILES string of the molecule is C=C(c1c(F)cc(F)cc1F)c1c[nH]c2c(=O)n(Cc3cn4ccc(C(F)(F)F)cc4n3)ccc12. The third-order valence-corrected chi connectivity index (χ3v) is 5.62. The van der Waals surface area contributed by atoms with Gasteiger partial charge in [-0.25, -0.2) is 18.2 Å². The van der Waals surface area contributed by atoms with Crippen LogP contribution in [0.1, 0.15) is 22.4 Å². The molecule has 0 aliphatic rings. The molecule has 4 heterocycles. The number of aromatic nitrogens is 4. The molecule has 0 aliphatic heterocycles. The maximum absolute atomic E-state index is 14.2. The van der Waals surface area contributed by atoms with Crippen molar-refractivity contribution in [2.75, 3.05) is 0 Å². The molecule has 5 nitrogen and oxygen atoms in total. The summed E-state index contributed by atoms with van der Waals surface area (Å²) in [5, 5.41) is 0.337. The van der Waals surface area contributed by atoms with Crippen LogP contribution >= 0.6 is 0 Å². The van der Waals surface area contributed by atoms with E-state index in [1.54, 1.807) is 0 Å². The van der Waals surface area contributed by atoms with Gasteiger partial charge in [0, 0.05) is 47.9 Å². The Morgan fingerprint density at radius 3 is 2.46 bits per heavy atom. The van der Waals surface area contributed by atoms with E-state index in [0.29, 0.717) is 23.2 Å². The number of imidazole rings is 1. The molecule has 35 heavy (non-hydrogen) atoms. The van der Waals surface area contributed by atoms with Gasteiger partial charge in [0.05, 0.1) is 23.4 Å². The van der Waals surface area contributed by atoms with Crippen molar-refractivity contribution < 1.29 is 26.3 Å². The molecule has 0 bridgehead atoms. The zero-order valence-corrected chi connectivity index (χ0v) is 17.6. The van der Waals surface area contributed by atoms with E-state index in [-0.39, 0.29) is 28.8 Å². The average molecular weight is 488 g/mol. The lowest BCUT2D eigenvalue weighted by Gasteiger charge is -2.09. The summed E-state index contributed by atoms with van der Waals surface area (Å²) in [7, 11) is 0. The summed E-state index contributed by atoms with van der Waals surface area (Å²) in [5.74, 6) is -3.33. The van der Waals surface area contributed by atoms with Crippen LogP contribution in [-0.2, 0) is 12.7 Å². The Morgan fingerprint density at radius 2 is 1.77 bits per heavy atom. The third-order valence-electron chi connectivity index (χ3n) is 5.62. The van der Waals surface area contributed by atoms with Crippen LogP contribution in [-0.4, -0.2) is 18.9 Å². The van der Waals surface area contributed by atoms with Crippen LogP contribution in [0.3, 0.4) is 0 Å². The second-order valence-corrected chi connectivity index (χ2v) is 7.87. The average Bonchev–Trinajstić information content (AvgIpc) is 3.37. The van der Waals surface area contributed by atoms with Crippen LogP contribution in [0.4, 0.5) is 26.3 Å². The Kier molecular flexibility index (Phi) is 5.08. The third kappa shape index (κ3) is 3.88. The number of aromatic amines is 1. The van der Waals surface area contributed by atoms with Gasteiger partial charge in [0.15, 0.2) is 0 Å². The highest BCUT2D eigenvalue weighted by molar-refractivity contribution is 5.96. The lowest BCUT2D eigenvalue weighted by Crippen LogP contribution is -2.20. The minimum atomic E-state index is -4.51. The first-order valence-electron chi connectivity index (χ1n) is 10.1. The summed E-state index contributed by atoms with van der Waals surface area (Å²) in [6.07, 6.45) is 1.03. The first-order valence-corrected chi connectivity index (χ1v) is 10.1. The fourth-order valence-corrected chi connectivity index (χ4v) is 3.96. The van der Waals surface area contributed by atoms with Gasteiger partial charge in [-0.2, -0.15) is 13.2 Å². The Labute approximate surface area is 192 Å². The van der Waals surface area contributed by atoms with Crippen molar-refractivity contribution in [3.8, 4) is 0 Å². The fourth-order valence-electron chi connectivity index (χ4n) is 3.96. The Bertz CT molecular complexity index is 1670. The number of hydrogen-bond donors (Lipinski definition) is 1. The highest BCUT2D eigenvalue weighted by Crippen LogP contribution is 2.32. The molecule has 11 heteroatoms. The Hall–Kier alpha value is -4.28. The van der Waals surface area contributed by atoms with Crippen LogP contribution in [0.2, 0.25) is 0 Å². The number of alkyl halides is 3. The number of fused-ring (bicyclic) bond motifs is 2. The molecule has 1 aromatic carbocycles. The van der Waals surface area contributed by atoms with E-state index >= 15 is 0 Å². The maximum Gasteiger partial charge on any atom is 0.416 e. The summed E-state index contributed by atoms with van der Waals surface area (Å²) in [6, 6.07) is 4.45. The van der Waals surface area contributed by atoms with Gasteiger partial charge in [-0.05, 0) is 23.8 Å². The van der Waals surface area contributed by atoms with Crippen LogP contribution < -0.4 is 5.56 Å². The van der Waals surface area contributed by atoms with Crippen LogP contribution in [0.15, 0.2) is 66.5 Å². The van der Waals surface area contributed by atoms with Crippen molar-refractivity contribution in [2.45, 2.75) is 12.7 Å². The van der Waals surface area contributed by atoms with E-state index in [1.807, 2.05) is 0 Å². The number of pyridine rings is 2. The number of rotatable bonds is 4. The first-order chi connectivity index (χ1) is 16.5. The van der Waals surface area contributed by atoms with Crippen molar-refractivity contribution in [2.24, 2.45) is 0 Å². The molecule has 5 rings (SSSR count). The minimum Gasteiger partial charge on any atom is -0.356 e. The summed E-state index contributed by atoms with van der Waals surface area (Å²) >= 11 is 0. The molecule has 178 valence electrons. The largest absolute Gasteiger partial charge is 0.416 e. The molecule has 0 aliphatic carbocycles. The number of benzene rings is 1. The number of H-pyrrole nitrogens is 1. The molecule has 4 aromatic heterocycles. The molecule has 0 fully saturated rings.